The van der Waals surface area contributed by atoms with Crippen LogP contribution in [0.5, 0.6) is 0 Å². The van der Waals surface area contributed by atoms with Crippen LogP contribution in [0.2, 0.25) is 0 Å². The van der Waals surface area contributed by atoms with E-state index in [0.717, 1.165) is 4.58 Å². The molecule has 0 aromatic rings. The van der Waals surface area contributed by atoms with Gasteiger partial charge >= 0.3 is 0 Å². The minimum atomic E-state index is 0.781. The molecule has 0 unspecified atom stereocenters. The molecule has 0 aromatic carbocycles. The van der Waals surface area contributed by atoms with Gasteiger partial charge < -0.3 is 0 Å². The summed E-state index contributed by atoms with van der Waals surface area (Å²) in [6.07, 6.45) is 10.7. The highest BCUT2D eigenvalue weighted by Crippen LogP contribution is 2.38. The van der Waals surface area contributed by atoms with Gasteiger partial charge in [0.15, 0.2) is 0 Å². The Hall–Kier alpha value is 0.180. The Kier molecular flexibility index (Phi) is 3.23. The third-order valence-corrected chi connectivity index (χ3v) is 5.25. The lowest BCUT2D eigenvalue weighted by molar-refractivity contribution is 0.948. The number of hydrogen-bond donors (Lipinski definition) is 0. The summed E-state index contributed by atoms with van der Waals surface area (Å²) in [5.74, 6) is 2.72. The second kappa shape index (κ2) is 4.43. The summed E-state index contributed by atoms with van der Waals surface area (Å²) in [5.41, 5.74) is 1.66. The van der Waals surface area contributed by atoms with E-state index in [9.17, 15) is 0 Å². The molecular weight excluding hydrogens is 184 g/mol. The van der Waals surface area contributed by atoms with Crippen molar-refractivity contribution in [1.82, 2.24) is 0 Å². The molecule has 0 saturated carbocycles. The van der Waals surface area contributed by atoms with Gasteiger partial charge in [0, 0.05) is 0 Å². The van der Waals surface area contributed by atoms with E-state index in [2.05, 4.69) is 41.8 Å². The van der Waals surface area contributed by atoms with Crippen LogP contribution in [0, 0.1) is 0 Å². The first-order valence-electron chi connectivity index (χ1n) is 4.55. The molecule has 1 heterocycles. The van der Waals surface area contributed by atoms with Crippen molar-refractivity contribution in [3.8, 4) is 0 Å². The van der Waals surface area contributed by atoms with Crippen molar-refractivity contribution in [2.24, 2.45) is 0 Å². The van der Waals surface area contributed by atoms with Crippen LogP contribution >= 0.6 is 23.5 Å². The molecule has 0 N–H and O–H groups in total. The van der Waals surface area contributed by atoms with Gasteiger partial charge in [-0.3, -0.25) is 0 Å². The fourth-order valence-electron chi connectivity index (χ4n) is 1.52. The average Bonchev–Trinajstić information content (AvgIpc) is 2.21. The Morgan fingerprint density at radius 3 is 2.75 bits per heavy atom. The van der Waals surface area contributed by atoms with E-state index < -0.39 is 0 Å². The SMILES string of the molecule is C1=CCCC(C2SCCCS2)=C1. The van der Waals surface area contributed by atoms with Gasteiger partial charge in [-0.2, -0.15) is 0 Å². The molecule has 0 atom stereocenters. The third-order valence-electron chi connectivity index (χ3n) is 2.18. The first-order valence-corrected chi connectivity index (χ1v) is 6.65. The summed E-state index contributed by atoms with van der Waals surface area (Å²) in [4.78, 5) is 0. The lowest BCUT2D eigenvalue weighted by atomic mass is 10.1. The topological polar surface area (TPSA) is 0 Å². The third kappa shape index (κ3) is 2.11. The Morgan fingerprint density at radius 2 is 2.08 bits per heavy atom. The van der Waals surface area contributed by atoms with Gasteiger partial charge in [0.1, 0.15) is 0 Å². The van der Waals surface area contributed by atoms with E-state index in [-0.39, 0.29) is 0 Å². The van der Waals surface area contributed by atoms with E-state index in [0.29, 0.717) is 0 Å². The molecule has 0 aromatic heterocycles. The van der Waals surface area contributed by atoms with Crippen LogP contribution in [0.3, 0.4) is 0 Å². The summed E-state index contributed by atoms with van der Waals surface area (Å²) in [6.45, 7) is 0. The zero-order valence-electron chi connectivity index (χ0n) is 7.16. The van der Waals surface area contributed by atoms with Crippen LogP contribution in [-0.2, 0) is 0 Å². The molecule has 2 heteroatoms. The Bertz CT molecular complexity index is 200. The molecule has 12 heavy (non-hydrogen) atoms. The molecule has 0 radical (unpaired) electrons. The van der Waals surface area contributed by atoms with E-state index in [1.54, 1.807) is 5.57 Å². The predicted octanol–water partition coefficient (Wildman–Crippen LogP) is 3.46. The fraction of sp³-hybridized carbons (Fsp3) is 0.600. The van der Waals surface area contributed by atoms with Gasteiger partial charge in [0.2, 0.25) is 0 Å². The normalized spacial score (nSPS) is 25.5. The molecule has 66 valence electrons. The van der Waals surface area contributed by atoms with Crippen molar-refractivity contribution in [3.63, 3.8) is 0 Å². The first kappa shape index (κ1) is 8.76. The van der Waals surface area contributed by atoms with E-state index >= 15 is 0 Å². The van der Waals surface area contributed by atoms with Crippen molar-refractivity contribution < 1.29 is 0 Å². The van der Waals surface area contributed by atoms with Crippen molar-refractivity contribution in [1.29, 1.82) is 0 Å². The molecule has 2 rings (SSSR count). The molecule has 0 amide bonds. The monoisotopic (exact) mass is 198 g/mol. The summed E-state index contributed by atoms with van der Waals surface area (Å²) >= 11 is 4.26. The van der Waals surface area contributed by atoms with E-state index in [1.807, 2.05) is 0 Å². The zero-order chi connectivity index (χ0) is 8.23. The summed E-state index contributed by atoms with van der Waals surface area (Å²) in [7, 11) is 0. The molecule has 1 aliphatic carbocycles. The number of thioether (sulfide) groups is 2. The maximum absolute atomic E-state index is 2.32. The van der Waals surface area contributed by atoms with Crippen molar-refractivity contribution >= 4 is 23.5 Å². The smallest absolute Gasteiger partial charge is 0.0714 e. The molecule has 1 saturated heterocycles. The van der Waals surface area contributed by atoms with Crippen LogP contribution in [-0.4, -0.2) is 16.1 Å². The Morgan fingerprint density at radius 1 is 1.25 bits per heavy atom. The molecule has 2 aliphatic rings. The lowest BCUT2D eigenvalue weighted by Gasteiger charge is -2.24. The highest BCUT2D eigenvalue weighted by molar-refractivity contribution is 8.17. The Labute approximate surface area is 82.9 Å². The van der Waals surface area contributed by atoms with Crippen molar-refractivity contribution in [3.05, 3.63) is 23.8 Å². The summed E-state index contributed by atoms with van der Waals surface area (Å²) in [5, 5.41) is 0. The molecule has 0 bridgehead atoms. The quantitative estimate of drug-likeness (QED) is 0.633. The number of hydrogen-bond acceptors (Lipinski definition) is 2. The number of rotatable bonds is 1. The van der Waals surface area contributed by atoms with Gasteiger partial charge in [-0.25, -0.2) is 0 Å². The highest BCUT2D eigenvalue weighted by Gasteiger charge is 2.18. The van der Waals surface area contributed by atoms with E-state index in [1.165, 1.54) is 30.8 Å². The van der Waals surface area contributed by atoms with Gasteiger partial charge in [0.05, 0.1) is 4.58 Å². The zero-order valence-corrected chi connectivity index (χ0v) is 8.79. The second-order valence-corrected chi connectivity index (χ2v) is 5.86. The summed E-state index contributed by atoms with van der Waals surface area (Å²) < 4.78 is 0.781. The Balaban J connectivity index is 1.97. The first-order chi connectivity index (χ1) is 5.97. The van der Waals surface area contributed by atoms with E-state index in [4.69, 9.17) is 0 Å². The molecule has 0 nitrogen and oxygen atoms in total. The largest absolute Gasteiger partial charge is 0.143 e. The minimum Gasteiger partial charge on any atom is -0.143 e. The van der Waals surface area contributed by atoms with Crippen molar-refractivity contribution in [2.45, 2.75) is 23.8 Å². The number of allylic oxidation sites excluding steroid dienone is 3. The lowest BCUT2D eigenvalue weighted by Crippen LogP contribution is -2.10. The molecule has 1 aliphatic heterocycles. The second-order valence-electron chi connectivity index (χ2n) is 3.14. The van der Waals surface area contributed by atoms with Gasteiger partial charge in [-0.15, -0.1) is 23.5 Å². The van der Waals surface area contributed by atoms with Crippen LogP contribution in [0.1, 0.15) is 19.3 Å². The highest BCUT2D eigenvalue weighted by atomic mass is 32.2. The maximum Gasteiger partial charge on any atom is 0.0714 e. The van der Waals surface area contributed by atoms with Gasteiger partial charge in [0.25, 0.3) is 0 Å². The fourth-order valence-corrected chi connectivity index (χ4v) is 4.54. The van der Waals surface area contributed by atoms with Crippen LogP contribution in [0.15, 0.2) is 23.8 Å². The van der Waals surface area contributed by atoms with Crippen LogP contribution < -0.4 is 0 Å². The van der Waals surface area contributed by atoms with Gasteiger partial charge in [-0.1, -0.05) is 18.2 Å². The van der Waals surface area contributed by atoms with Gasteiger partial charge in [-0.05, 0) is 36.3 Å². The molecule has 1 fully saturated rings. The van der Waals surface area contributed by atoms with Crippen molar-refractivity contribution in [2.75, 3.05) is 11.5 Å². The molecule has 0 spiro atoms. The average molecular weight is 198 g/mol. The van der Waals surface area contributed by atoms with Crippen LogP contribution in [0.25, 0.3) is 0 Å². The van der Waals surface area contributed by atoms with Crippen LogP contribution in [0.4, 0.5) is 0 Å². The standard InChI is InChI=1S/C10H14S2/c1-2-5-9(6-3-1)10-11-7-4-8-12-10/h1-2,5,10H,3-4,6-8H2. The maximum atomic E-state index is 2.32. The predicted molar refractivity (Wildman–Crippen MR) is 59.8 cm³/mol. The minimum absolute atomic E-state index is 0.781. The molecular formula is C10H14S2. The summed E-state index contributed by atoms with van der Waals surface area (Å²) in [6, 6.07) is 0.